The third-order valence-electron chi connectivity index (χ3n) is 2.16. The molecule has 1 rings (SSSR count). The van der Waals surface area contributed by atoms with Gasteiger partial charge in [0.2, 0.25) is 0 Å². The minimum atomic E-state index is -0.922. The van der Waals surface area contributed by atoms with E-state index in [2.05, 4.69) is 0 Å². The van der Waals surface area contributed by atoms with E-state index in [-0.39, 0.29) is 6.42 Å². The van der Waals surface area contributed by atoms with Gasteiger partial charge in [-0.3, -0.25) is 4.79 Å². The average molecular weight is 249 g/mol. The summed E-state index contributed by atoms with van der Waals surface area (Å²) < 4.78 is 10.9. The molecule has 0 unspecified atom stereocenters. The molecule has 0 bridgehead atoms. The van der Waals surface area contributed by atoms with Crippen molar-refractivity contribution in [3.8, 4) is 17.6 Å². The molecular weight excluding hydrogens is 234 g/mol. The van der Waals surface area contributed by atoms with Gasteiger partial charge in [0.15, 0.2) is 11.5 Å². The van der Waals surface area contributed by atoms with Crippen molar-refractivity contribution < 1.29 is 19.4 Å². The predicted octanol–water partition coefficient (Wildman–Crippen LogP) is 2.20. The lowest BCUT2D eigenvalue weighted by molar-refractivity contribution is -0.138. The number of ether oxygens (including phenoxy) is 2. The number of carboxylic acid groups (broad SMARTS) is 1. The Morgan fingerprint density at radius 3 is 2.78 bits per heavy atom. The summed E-state index contributed by atoms with van der Waals surface area (Å²) in [5, 5.41) is 17.5. The number of hydrogen-bond acceptors (Lipinski definition) is 4. The van der Waals surface area contributed by atoms with E-state index in [0.29, 0.717) is 23.7 Å². The Balaban J connectivity index is 2.87. The van der Waals surface area contributed by atoms with Gasteiger partial charge in [-0.05, 0) is 26.0 Å². The fraction of sp³-hybridized carbons (Fsp3) is 0.385. The molecule has 0 aromatic heterocycles. The zero-order valence-corrected chi connectivity index (χ0v) is 10.3. The summed E-state index contributed by atoms with van der Waals surface area (Å²) >= 11 is 0. The van der Waals surface area contributed by atoms with Crippen molar-refractivity contribution in [2.24, 2.45) is 0 Å². The van der Waals surface area contributed by atoms with Crippen molar-refractivity contribution >= 4 is 5.97 Å². The molecule has 1 aromatic rings. The van der Waals surface area contributed by atoms with Gasteiger partial charge < -0.3 is 14.6 Å². The number of nitrogens with zero attached hydrogens (tertiary/aromatic N) is 1. The van der Waals surface area contributed by atoms with Crippen LogP contribution in [0.3, 0.4) is 0 Å². The summed E-state index contributed by atoms with van der Waals surface area (Å²) in [5.74, 6) is -0.0208. The quantitative estimate of drug-likeness (QED) is 0.836. The van der Waals surface area contributed by atoms with Crippen molar-refractivity contribution in [1.29, 1.82) is 5.26 Å². The smallest absolute Gasteiger partial charge is 0.307 e. The van der Waals surface area contributed by atoms with Crippen LogP contribution in [0.1, 0.15) is 25.8 Å². The third-order valence-corrected chi connectivity index (χ3v) is 2.16. The monoisotopic (exact) mass is 249 g/mol. The second-order valence-electron chi connectivity index (χ2n) is 3.73. The summed E-state index contributed by atoms with van der Waals surface area (Å²) in [6.07, 6.45) is -0.555. The molecule has 1 atom stereocenters. The standard InChI is InChI=1S/C13H15NO4/c1-3-17-12-7-10(8-14)4-5-11(12)18-9(2)6-13(15)16/h4-5,7,9H,3,6H2,1-2H3,(H,15,16)/t9-/m1/s1. The Bertz CT molecular complexity index is 465. The van der Waals surface area contributed by atoms with E-state index in [1.165, 1.54) is 0 Å². The first-order valence-electron chi connectivity index (χ1n) is 5.62. The third kappa shape index (κ3) is 3.98. The molecular formula is C13H15NO4. The Labute approximate surface area is 106 Å². The lowest BCUT2D eigenvalue weighted by Crippen LogP contribution is -2.17. The van der Waals surface area contributed by atoms with Crippen LogP contribution in [0, 0.1) is 11.3 Å². The molecule has 18 heavy (non-hydrogen) atoms. The normalized spacial score (nSPS) is 11.4. The molecule has 5 heteroatoms. The van der Waals surface area contributed by atoms with Crippen LogP contribution >= 0.6 is 0 Å². The minimum absolute atomic E-state index is 0.0917. The Hall–Kier alpha value is -2.22. The van der Waals surface area contributed by atoms with E-state index in [9.17, 15) is 4.79 Å². The van der Waals surface area contributed by atoms with Crippen molar-refractivity contribution in [2.45, 2.75) is 26.4 Å². The summed E-state index contributed by atoms with van der Waals surface area (Å²) in [6, 6.07) is 6.80. The van der Waals surface area contributed by atoms with Crippen molar-refractivity contribution in [2.75, 3.05) is 6.61 Å². The topological polar surface area (TPSA) is 79.5 Å². The highest BCUT2D eigenvalue weighted by atomic mass is 16.5. The van der Waals surface area contributed by atoms with Crippen LogP contribution in [0.2, 0.25) is 0 Å². The largest absolute Gasteiger partial charge is 0.490 e. The van der Waals surface area contributed by atoms with Crippen molar-refractivity contribution in [1.82, 2.24) is 0 Å². The first kappa shape index (κ1) is 13.8. The maximum Gasteiger partial charge on any atom is 0.307 e. The molecule has 0 spiro atoms. The molecule has 0 saturated carbocycles. The summed E-state index contributed by atoms with van der Waals surface area (Å²) in [4.78, 5) is 10.6. The molecule has 96 valence electrons. The van der Waals surface area contributed by atoms with Crippen LogP contribution in [0.5, 0.6) is 11.5 Å². The van der Waals surface area contributed by atoms with Gasteiger partial charge in [0, 0.05) is 6.07 Å². The fourth-order valence-electron chi connectivity index (χ4n) is 1.45. The molecule has 0 radical (unpaired) electrons. The molecule has 1 N–H and O–H groups in total. The maximum atomic E-state index is 10.6. The SMILES string of the molecule is CCOc1cc(C#N)ccc1O[C@H](C)CC(=O)O. The van der Waals surface area contributed by atoms with Crippen LogP contribution in [0.15, 0.2) is 18.2 Å². The molecule has 1 aromatic carbocycles. The highest BCUT2D eigenvalue weighted by Gasteiger charge is 2.13. The van der Waals surface area contributed by atoms with Crippen molar-refractivity contribution in [3.63, 3.8) is 0 Å². The zero-order valence-electron chi connectivity index (χ0n) is 10.3. The van der Waals surface area contributed by atoms with E-state index in [4.69, 9.17) is 19.8 Å². The van der Waals surface area contributed by atoms with E-state index in [1.54, 1.807) is 25.1 Å². The molecule has 0 aliphatic rings. The molecule has 0 aliphatic carbocycles. The molecule has 0 saturated heterocycles. The first-order valence-corrected chi connectivity index (χ1v) is 5.62. The number of benzene rings is 1. The summed E-state index contributed by atoms with van der Waals surface area (Å²) in [7, 11) is 0. The van der Waals surface area contributed by atoms with Crippen LogP contribution < -0.4 is 9.47 Å². The zero-order chi connectivity index (χ0) is 13.5. The molecule has 0 fully saturated rings. The minimum Gasteiger partial charge on any atom is -0.490 e. The van der Waals surface area contributed by atoms with Gasteiger partial charge in [-0.15, -0.1) is 0 Å². The van der Waals surface area contributed by atoms with E-state index < -0.39 is 12.1 Å². The predicted molar refractivity (Wildman–Crippen MR) is 64.7 cm³/mol. The van der Waals surface area contributed by atoms with Crippen molar-refractivity contribution in [3.05, 3.63) is 23.8 Å². The number of hydrogen-bond donors (Lipinski definition) is 1. The summed E-state index contributed by atoms with van der Waals surface area (Å²) in [5.41, 5.74) is 0.469. The van der Waals surface area contributed by atoms with Gasteiger partial charge in [-0.25, -0.2) is 0 Å². The van der Waals surface area contributed by atoms with Crippen LogP contribution in [0.4, 0.5) is 0 Å². The molecule has 0 heterocycles. The van der Waals surface area contributed by atoms with E-state index in [0.717, 1.165) is 0 Å². The van der Waals surface area contributed by atoms with Crippen LogP contribution in [0.25, 0.3) is 0 Å². The van der Waals surface area contributed by atoms with Gasteiger partial charge in [-0.1, -0.05) is 0 Å². The molecule has 0 amide bonds. The van der Waals surface area contributed by atoms with Gasteiger partial charge in [-0.2, -0.15) is 5.26 Å². The highest BCUT2D eigenvalue weighted by Crippen LogP contribution is 2.29. The Kier molecular flexibility index (Phi) is 5.00. The Morgan fingerprint density at radius 2 is 2.22 bits per heavy atom. The number of carbonyl (C=O) groups is 1. The number of nitriles is 1. The lowest BCUT2D eigenvalue weighted by Gasteiger charge is -2.16. The van der Waals surface area contributed by atoms with Gasteiger partial charge in [0.05, 0.1) is 24.7 Å². The van der Waals surface area contributed by atoms with Gasteiger partial charge in [0.25, 0.3) is 0 Å². The number of aliphatic carboxylic acids is 1. The molecule has 5 nitrogen and oxygen atoms in total. The Morgan fingerprint density at radius 1 is 1.50 bits per heavy atom. The second kappa shape index (κ2) is 6.50. The van der Waals surface area contributed by atoms with Gasteiger partial charge in [0.1, 0.15) is 6.10 Å². The number of carboxylic acids is 1. The van der Waals surface area contributed by atoms with Crippen LogP contribution in [-0.4, -0.2) is 23.8 Å². The fourth-order valence-corrected chi connectivity index (χ4v) is 1.45. The maximum absolute atomic E-state index is 10.6. The lowest BCUT2D eigenvalue weighted by atomic mass is 10.2. The first-order chi connectivity index (χ1) is 8.56. The van der Waals surface area contributed by atoms with E-state index >= 15 is 0 Å². The highest BCUT2D eigenvalue weighted by molar-refractivity contribution is 5.67. The summed E-state index contributed by atoms with van der Waals surface area (Å²) in [6.45, 7) is 3.93. The average Bonchev–Trinajstić information content (AvgIpc) is 2.30. The van der Waals surface area contributed by atoms with E-state index in [1.807, 2.05) is 13.0 Å². The number of rotatable bonds is 6. The molecule has 0 aliphatic heterocycles. The van der Waals surface area contributed by atoms with Crippen LogP contribution in [-0.2, 0) is 4.79 Å². The van der Waals surface area contributed by atoms with Gasteiger partial charge >= 0.3 is 5.97 Å². The second-order valence-corrected chi connectivity index (χ2v) is 3.73.